The molecule has 0 bridgehead atoms. The zero-order valence-electron chi connectivity index (χ0n) is 14.5. The monoisotopic (exact) mass is 471 g/mol. The predicted molar refractivity (Wildman–Crippen MR) is 114 cm³/mol. The molecule has 3 rings (SSSR count). The average molecular weight is 472 g/mol. The molecule has 0 aromatic carbocycles. The van der Waals surface area contributed by atoms with Gasteiger partial charge in [-0.2, -0.15) is 0 Å². The van der Waals surface area contributed by atoms with Crippen LogP contribution in [0.1, 0.15) is 28.1 Å². The number of nitrogens with zero attached hydrogens (tertiary/aromatic N) is 1. The first kappa shape index (κ1) is 19.6. The van der Waals surface area contributed by atoms with Gasteiger partial charge in [0.15, 0.2) is 0 Å². The Hall–Kier alpha value is -1.16. The van der Waals surface area contributed by atoms with E-state index in [1.165, 1.54) is 23.1 Å². The fourth-order valence-electron chi connectivity index (χ4n) is 2.41. The average Bonchev–Trinajstić information content (AvgIpc) is 3.13. The number of halogens is 1. The molecule has 9 heteroatoms. The molecule has 0 aliphatic heterocycles. The van der Waals surface area contributed by atoms with Gasteiger partial charge in [-0.15, -0.1) is 34.4 Å². The lowest BCUT2D eigenvalue weighted by atomic mass is 10.2. The summed E-state index contributed by atoms with van der Waals surface area (Å²) in [6, 6.07) is 2.00. The topological polar surface area (TPSA) is 74.8 Å². The van der Waals surface area contributed by atoms with E-state index in [1.54, 1.807) is 11.3 Å². The van der Waals surface area contributed by atoms with E-state index in [2.05, 4.69) is 31.2 Å². The number of hydrogen-bond acceptors (Lipinski definition) is 6. The van der Waals surface area contributed by atoms with Crippen LogP contribution in [0.2, 0.25) is 0 Å². The minimum atomic E-state index is -0.230. The molecular weight excluding hydrogens is 454 g/mol. The summed E-state index contributed by atoms with van der Waals surface area (Å²) < 4.78 is 1.03. The number of thioether (sulfide) groups is 1. The van der Waals surface area contributed by atoms with Gasteiger partial charge in [0.2, 0.25) is 5.91 Å². The maximum Gasteiger partial charge on any atom is 0.259 e. The summed E-state index contributed by atoms with van der Waals surface area (Å²) in [4.78, 5) is 34.9. The highest BCUT2D eigenvalue weighted by Gasteiger charge is 2.16. The maximum absolute atomic E-state index is 12.3. The molecule has 2 N–H and O–H groups in total. The Morgan fingerprint density at radius 2 is 2.23 bits per heavy atom. The molecule has 0 aliphatic carbocycles. The molecule has 1 unspecified atom stereocenters. The van der Waals surface area contributed by atoms with Crippen LogP contribution in [0.4, 0.5) is 0 Å². The second-order valence-electron chi connectivity index (χ2n) is 5.88. The van der Waals surface area contributed by atoms with E-state index in [4.69, 9.17) is 0 Å². The number of aromatic amines is 1. The summed E-state index contributed by atoms with van der Waals surface area (Å²) in [7, 11) is 0. The Bertz CT molecular complexity index is 1010. The standard InChI is InChI=1S/C17H18BrN3O2S3/c1-8-9(2)26-17-14(8)16(23)20-13(21-17)7-24-10(3)15(22)19-5-12-4-11(18)6-25-12/h4,6,10H,5,7H2,1-3H3,(H,19,22)(H,20,21,23). The number of rotatable bonds is 6. The SMILES string of the molecule is Cc1sc2nc(CSC(C)C(=O)NCc3cc(Br)cs3)[nH]c(=O)c2c1C. The molecule has 3 aromatic heterocycles. The number of carbonyl (C=O) groups excluding carboxylic acids is 1. The van der Waals surface area contributed by atoms with Gasteiger partial charge in [0, 0.05) is 19.6 Å². The Balaban J connectivity index is 1.60. The van der Waals surface area contributed by atoms with E-state index in [0.717, 1.165) is 24.6 Å². The van der Waals surface area contributed by atoms with Crippen LogP contribution in [0.15, 0.2) is 20.7 Å². The minimum Gasteiger partial charge on any atom is -0.350 e. The number of aromatic nitrogens is 2. The third-order valence-corrected chi connectivity index (χ3v) is 7.94. The van der Waals surface area contributed by atoms with E-state index >= 15 is 0 Å². The number of amides is 1. The van der Waals surface area contributed by atoms with Gasteiger partial charge in [-0.1, -0.05) is 0 Å². The molecule has 0 spiro atoms. The van der Waals surface area contributed by atoms with Crippen LogP contribution < -0.4 is 10.9 Å². The van der Waals surface area contributed by atoms with E-state index in [0.29, 0.717) is 23.5 Å². The highest BCUT2D eigenvalue weighted by molar-refractivity contribution is 9.10. The van der Waals surface area contributed by atoms with E-state index in [9.17, 15) is 9.59 Å². The van der Waals surface area contributed by atoms with Crippen molar-refractivity contribution < 1.29 is 4.79 Å². The molecule has 0 fully saturated rings. The van der Waals surface area contributed by atoms with Gasteiger partial charge in [0.1, 0.15) is 10.7 Å². The number of aryl methyl sites for hydroxylation is 2. The first-order valence-corrected chi connectivity index (χ1v) is 11.5. The highest BCUT2D eigenvalue weighted by atomic mass is 79.9. The summed E-state index contributed by atoms with van der Waals surface area (Å²) in [6.45, 7) is 6.32. The van der Waals surface area contributed by atoms with E-state index in [-0.39, 0.29) is 16.7 Å². The van der Waals surface area contributed by atoms with Crippen molar-refractivity contribution in [3.63, 3.8) is 0 Å². The lowest BCUT2D eigenvalue weighted by Gasteiger charge is -2.11. The number of carbonyl (C=O) groups is 1. The first-order chi connectivity index (χ1) is 12.3. The summed E-state index contributed by atoms with van der Waals surface area (Å²) >= 11 is 8.00. The molecule has 0 saturated carbocycles. The molecule has 1 atom stereocenters. The third kappa shape index (κ3) is 4.39. The van der Waals surface area contributed by atoms with Gasteiger partial charge in [-0.05, 0) is 48.3 Å². The minimum absolute atomic E-state index is 0.0224. The number of nitrogens with one attached hydrogen (secondary N) is 2. The smallest absolute Gasteiger partial charge is 0.259 e. The normalized spacial score (nSPS) is 12.5. The van der Waals surface area contributed by atoms with Crippen molar-refractivity contribution in [1.82, 2.24) is 15.3 Å². The van der Waals surface area contributed by atoms with Crippen LogP contribution in [0, 0.1) is 13.8 Å². The molecule has 3 heterocycles. The van der Waals surface area contributed by atoms with Gasteiger partial charge in [0.25, 0.3) is 5.56 Å². The summed E-state index contributed by atoms with van der Waals surface area (Å²) in [5.41, 5.74) is 0.888. The molecule has 138 valence electrons. The second-order valence-corrected chi connectivity index (χ2v) is 10.3. The fourth-order valence-corrected chi connectivity index (χ4v) is 5.63. The van der Waals surface area contributed by atoms with Crippen LogP contribution in [-0.4, -0.2) is 21.1 Å². The summed E-state index contributed by atoms with van der Waals surface area (Å²) in [5.74, 6) is 1.07. The Kier molecular flexibility index (Phi) is 6.21. The van der Waals surface area contributed by atoms with Crippen molar-refractivity contribution in [2.45, 2.75) is 38.3 Å². The highest BCUT2D eigenvalue weighted by Crippen LogP contribution is 2.26. The van der Waals surface area contributed by atoms with E-state index in [1.807, 2.05) is 32.2 Å². The van der Waals surface area contributed by atoms with Crippen molar-refractivity contribution in [2.24, 2.45) is 0 Å². The number of H-pyrrole nitrogens is 1. The van der Waals surface area contributed by atoms with E-state index < -0.39 is 0 Å². The van der Waals surface area contributed by atoms with Crippen molar-refractivity contribution in [3.05, 3.63) is 47.4 Å². The molecule has 1 amide bonds. The largest absolute Gasteiger partial charge is 0.350 e. The van der Waals surface area contributed by atoms with Crippen LogP contribution in [0.3, 0.4) is 0 Å². The van der Waals surface area contributed by atoms with Gasteiger partial charge in [-0.3, -0.25) is 9.59 Å². The molecular formula is C17H18BrN3O2S3. The van der Waals surface area contributed by atoms with Crippen molar-refractivity contribution in [2.75, 3.05) is 0 Å². The lowest BCUT2D eigenvalue weighted by molar-refractivity contribution is -0.120. The Morgan fingerprint density at radius 3 is 2.92 bits per heavy atom. The van der Waals surface area contributed by atoms with Crippen LogP contribution in [0.5, 0.6) is 0 Å². The number of hydrogen-bond donors (Lipinski definition) is 2. The van der Waals surface area contributed by atoms with Crippen LogP contribution in [-0.2, 0) is 17.1 Å². The molecule has 5 nitrogen and oxygen atoms in total. The van der Waals surface area contributed by atoms with Crippen LogP contribution in [0.25, 0.3) is 10.2 Å². The number of fused-ring (bicyclic) bond motifs is 1. The summed E-state index contributed by atoms with van der Waals surface area (Å²) in [5, 5.41) is 5.38. The van der Waals surface area contributed by atoms with Gasteiger partial charge < -0.3 is 10.3 Å². The van der Waals surface area contributed by atoms with Gasteiger partial charge in [0.05, 0.1) is 22.9 Å². The van der Waals surface area contributed by atoms with Crippen LogP contribution >= 0.6 is 50.4 Å². The molecule has 0 aliphatic rings. The summed E-state index contributed by atoms with van der Waals surface area (Å²) in [6.07, 6.45) is 0. The van der Waals surface area contributed by atoms with Gasteiger partial charge >= 0.3 is 0 Å². The zero-order valence-corrected chi connectivity index (χ0v) is 18.5. The van der Waals surface area contributed by atoms with Crippen molar-refractivity contribution >= 4 is 66.5 Å². The molecule has 3 aromatic rings. The lowest BCUT2D eigenvalue weighted by Crippen LogP contribution is -2.30. The molecule has 0 radical (unpaired) electrons. The third-order valence-electron chi connectivity index (χ3n) is 3.99. The molecule has 26 heavy (non-hydrogen) atoms. The van der Waals surface area contributed by atoms with Crippen molar-refractivity contribution in [3.8, 4) is 0 Å². The molecule has 0 saturated heterocycles. The Labute approximate surface area is 171 Å². The number of thiophene rings is 2. The maximum atomic E-state index is 12.3. The zero-order chi connectivity index (χ0) is 18.8. The second kappa shape index (κ2) is 8.24. The quantitative estimate of drug-likeness (QED) is 0.559. The van der Waals surface area contributed by atoms with Crippen molar-refractivity contribution in [1.29, 1.82) is 0 Å². The van der Waals surface area contributed by atoms with Gasteiger partial charge in [-0.25, -0.2) is 4.98 Å². The Morgan fingerprint density at radius 1 is 1.46 bits per heavy atom. The first-order valence-electron chi connectivity index (χ1n) is 7.96. The predicted octanol–water partition coefficient (Wildman–Crippen LogP) is 4.36. The fraction of sp³-hybridized carbons (Fsp3) is 0.353.